The topological polar surface area (TPSA) is 44.1 Å². The van der Waals surface area contributed by atoms with Gasteiger partial charge in [0.25, 0.3) is 11.6 Å². The molecule has 0 fully saturated rings. The van der Waals surface area contributed by atoms with Crippen molar-refractivity contribution in [2.24, 2.45) is 7.05 Å². The van der Waals surface area contributed by atoms with Gasteiger partial charge in [-0.25, -0.2) is 4.98 Å². The smallest absolute Gasteiger partial charge is 0.298 e. The standard InChI is InChI=1S/C7H10N2O2/c1-5-4-8-7(11-3)9(2)6(5)10/h4H,1-3H3. The van der Waals surface area contributed by atoms with Gasteiger partial charge in [0.2, 0.25) is 0 Å². The zero-order chi connectivity index (χ0) is 8.43. The van der Waals surface area contributed by atoms with E-state index in [-0.39, 0.29) is 5.56 Å². The monoisotopic (exact) mass is 154 g/mol. The molecule has 0 aromatic carbocycles. The summed E-state index contributed by atoms with van der Waals surface area (Å²) in [6.45, 7) is 1.72. The average Bonchev–Trinajstić information content (AvgIpc) is 2.01. The average molecular weight is 154 g/mol. The Hall–Kier alpha value is -1.32. The molecule has 0 N–H and O–H groups in total. The van der Waals surface area contributed by atoms with Crippen LogP contribution in [0.2, 0.25) is 0 Å². The summed E-state index contributed by atoms with van der Waals surface area (Å²) in [7, 11) is 3.11. The maximum Gasteiger partial charge on any atom is 0.298 e. The maximum absolute atomic E-state index is 11.2. The van der Waals surface area contributed by atoms with Crippen molar-refractivity contribution in [3.8, 4) is 6.01 Å². The van der Waals surface area contributed by atoms with Gasteiger partial charge in [0.05, 0.1) is 7.11 Å². The second kappa shape index (κ2) is 2.74. The highest BCUT2D eigenvalue weighted by molar-refractivity contribution is 5.07. The van der Waals surface area contributed by atoms with Crippen LogP contribution in [0.3, 0.4) is 0 Å². The number of hydrogen-bond acceptors (Lipinski definition) is 3. The van der Waals surface area contributed by atoms with Crippen molar-refractivity contribution >= 4 is 0 Å². The summed E-state index contributed by atoms with van der Waals surface area (Å²) in [5.74, 6) is 0. The van der Waals surface area contributed by atoms with Crippen LogP contribution in [0, 0.1) is 6.92 Å². The van der Waals surface area contributed by atoms with E-state index in [2.05, 4.69) is 4.98 Å². The Balaban J connectivity index is 3.37. The predicted molar refractivity (Wildman–Crippen MR) is 40.8 cm³/mol. The van der Waals surface area contributed by atoms with Gasteiger partial charge < -0.3 is 4.74 Å². The molecule has 1 heterocycles. The van der Waals surface area contributed by atoms with Gasteiger partial charge in [-0.15, -0.1) is 0 Å². The van der Waals surface area contributed by atoms with Crippen molar-refractivity contribution in [1.29, 1.82) is 0 Å². The molecular formula is C7H10N2O2. The Labute approximate surface area is 64.5 Å². The van der Waals surface area contributed by atoms with Crippen molar-refractivity contribution in [2.75, 3.05) is 7.11 Å². The summed E-state index contributed by atoms with van der Waals surface area (Å²) >= 11 is 0. The van der Waals surface area contributed by atoms with E-state index in [0.29, 0.717) is 11.6 Å². The predicted octanol–water partition coefficient (Wildman–Crippen LogP) is 0.0973. The van der Waals surface area contributed by atoms with Crippen LogP contribution in [0.15, 0.2) is 11.0 Å². The third kappa shape index (κ3) is 1.24. The van der Waals surface area contributed by atoms with E-state index in [1.165, 1.54) is 17.9 Å². The highest BCUT2D eigenvalue weighted by atomic mass is 16.5. The lowest BCUT2D eigenvalue weighted by Gasteiger charge is -2.04. The molecule has 0 aliphatic carbocycles. The molecular weight excluding hydrogens is 144 g/mol. The highest BCUT2D eigenvalue weighted by Gasteiger charge is 2.01. The lowest BCUT2D eigenvalue weighted by atomic mass is 10.4. The van der Waals surface area contributed by atoms with Gasteiger partial charge in [-0.05, 0) is 6.92 Å². The van der Waals surface area contributed by atoms with E-state index in [4.69, 9.17) is 4.74 Å². The van der Waals surface area contributed by atoms with E-state index in [0.717, 1.165) is 0 Å². The van der Waals surface area contributed by atoms with E-state index in [9.17, 15) is 4.79 Å². The summed E-state index contributed by atoms with van der Waals surface area (Å²) in [6.07, 6.45) is 1.50. The molecule has 0 spiro atoms. The van der Waals surface area contributed by atoms with Gasteiger partial charge in [-0.1, -0.05) is 0 Å². The fourth-order valence-corrected chi connectivity index (χ4v) is 0.835. The summed E-state index contributed by atoms with van der Waals surface area (Å²) in [4.78, 5) is 15.1. The second-order valence-corrected chi connectivity index (χ2v) is 2.29. The molecule has 1 aromatic rings. The molecule has 0 radical (unpaired) electrons. The molecule has 4 heteroatoms. The third-order valence-corrected chi connectivity index (χ3v) is 1.48. The van der Waals surface area contributed by atoms with Crippen molar-refractivity contribution in [3.63, 3.8) is 0 Å². The van der Waals surface area contributed by atoms with E-state index in [1.807, 2.05) is 0 Å². The van der Waals surface area contributed by atoms with Gasteiger partial charge >= 0.3 is 0 Å². The minimum atomic E-state index is -0.0724. The molecule has 11 heavy (non-hydrogen) atoms. The minimum Gasteiger partial charge on any atom is -0.468 e. The van der Waals surface area contributed by atoms with Gasteiger partial charge in [0, 0.05) is 18.8 Å². The largest absolute Gasteiger partial charge is 0.468 e. The molecule has 0 saturated carbocycles. The maximum atomic E-state index is 11.2. The van der Waals surface area contributed by atoms with E-state index >= 15 is 0 Å². The fourth-order valence-electron chi connectivity index (χ4n) is 0.835. The van der Waals surface area contributed by atoms with Gasteiger partial charge in [-0.2, -0.15) is 0 Å². The highest BCUT2D eigenvalue weighted by Crippen LogP contribution is 1.98. The lowest BCUT2D eigenvalue weighted by molar-refractivity contribution is 0.356. The summed E-state index contributed by atoms with van der Waals surface area (Å²) in [5.41, 5.74) is 0.546. The fraction of sp³-hybridized carbons (Fsp3) is 0.429. The number of nitrogens with zero attached hydrogens (tertiary/aromatic N) is 2. The van der Waals surface area contributed by atoms with Gasteiger partial charge in [0.1, 0.15) is 0 Å². The van der Waals surface area contributed by atoms with E-state index in [1.54, 1.807) is 14.0 Å². The molecule has 0 unspecified atom stereocenters. The molecule has 1 aromatic heterocycles. The second-order valence-electron chi connectivity index (χ2n) is 2.29. The van der Waals surface area contributed by atoms with Crippen molar-refractivity contribution in [3.05, 3.63) is 22.1 Å². The zero-order valence-electron chi connectivity index (χ0n) is 6.79. The molecule has 0 amide bonds. The molecule has 60 valence electrons. The van der Waals surface area contributed by atoms with Crippen molar-refractivity contribution in [1.82, 2.24) is 9.55 Å². The molecule has 0 aliphatic heterocycles. The Kier molecular flexibility index (Phi) is 1.94. The zero-order valence-corrected chi connectivity index (χ0v) is 6.79. The van der Waals surface area contributed by atoms with Crippen molar-refractivity contribution < 1.29 is 4.74 Å². The quantitative estimate of drug-likeness (QED) is 0.576. The number of aryl methyl sites for hydroxylation is 1. The first-order chi connectivity index (χ1) is 5.16. The van der Waals surface area contributed by atoms with Crippen LogP contribution in [0.25, 0.3) is 0 Å². The van der Waals surface area contributed by atoms with Crippen LogP contribution in [-0.4, -0.2) is 16.7 Å². The molecule has 0 atom stereocenters. The lowest BCUT2D eigenvalue weighted by Crippen LogP contribution is -2.21. The normalized spacial score (nSPS) is 9.73. The Bertz CT molecular complexity index is 317. The van der Waals surface area contributed by atoms with Crippen LogP contribution in [0.5, 0.6) is 6.01 Å². The molecule has 0 saturated heterocycles. The first-order valence-corrected chi connectivity index (χ1v) is 3.23. The number of hydrogen-bond donors (Lipinski definition) is 0. The van der Waals surface area contributed by atoms with Crippen LogP contribution >= 0.6 is 0 Å². The summed E-state index contributed by atoms with van der Waals surface area (Å²) in [5, 5.41) is 0. The number of rotatable bonds is 1. The number of ether oxygens (including phenoxy) is 1. The molecule has 1 rings (SSSR count). The summed E-state index contributed by atoms with van der Waals surface area (Å²) < 4.78 is 6.20. The van der Waals surface area contributed by atoms with Gasteiger partial charge in [-0.3, -0.25) is 9.36 Å². The SMILES string of the molecule is COc1ncc(C)c(=O)n1C. The number of methoxy groups -OCH3 is 1. The van der Waals surface area contributed by atoms with E-state index < -0.39 is 0 Å². The number of aromatic nitrogens is 2. The molecule has 4 nitrogen and oxygen atoms in total. The van der Waals surface area contributed by atoms with Crippen LogP contribution in [-0.2, 0) is 7.05 Å². The minimum absolute atomic E-state index is 0.0724. The Morgan fingerprint density at radius 1 is 1.64 bits per heavy atom. The first kappa shape index (κ1) is 7.78. The van der Waals surface area contributed by atoms with Crippen molar-refractivity contribution in [2.45, 2.75) is 6.92 Å². The Morgan fingerprint density at radius 3 is 2.82 bits per heavy atom. The third-order valence-electron chi connectivity index (χ3n) is 1.48. The Morgan fingerprint density at radius 2 is 2.27 bits per heavy atom. The van der Waals surface area contributed by atoms with Crippen LogP contribution < -0.4 is 10.3 Å². The van der Waals surface area contributed by atoms with Crippen LogP contribution in [0.1, 0.15) is 5.56 Å². The first-order valence-electron chi connectivity index (χ1n) is 3.23. The molecule has 0 bridgehead atoms. The summed E-state index contributed by atoms with van der Waals surface area (Å²) in [6, 6.07) is 0.334. The van der Waals surface area contributed by atoms with Crippen LogP contribution in [0.4, 0.5) is 0 Å². The van der Waals surface area contributed by atoms with Gasteiger partial charge in [0.15, 0.2) is 0 Å². The molecule has 0 aliphatic rings.